The summed E-state index contributed by atoms with van der Waals surface area (Å²) >= 11 is 0. The largest absolute Gasteiger partial charge is 0.376 e. The number of hydrogen-bond acceptors (Lipinski definition) is 3. The fraction of sp³-hybridized carbons (Fsp3) is 0.500. The van der Waals surface area contributed by atoms with E-state index in [2.05, 4.69) is 16.7 Å². The molecule has 4 nitrogen and oxygen atoms in total. The van der Waals surface area contributed by atoms with Gasteiger partial charge in [0, 0.05) is 5.69 Å². The highest BCUT2D eigenvalue weighted by molar-refractivity contribution is 5.82. The van der Waals surface area contributed by atoms with Crippen molar-refractivity contribution in [2.24, 2.45) is 5.92 Å². The molecule has 1 aliphatic rings. The number of carbonyl (C=O) groups excluding carboxylic acids is 1. The van der Waals surface area contributed by atoms with E-state index in [0.717, 1.165) is 24.1 Å². The smallest absolute Gasteiger partial charge is 0.240 e. The molecular formula is C16H21N3O. The number of nitriles is 1. The zero-order valence-electron chi connectivity index (χ0n) is 12.3. The zero-order chi connectivity index (χ0) is 14.8. The van der Waals surface area contributed by atoms with Gasteiger partial charge in [0.25, 0.3) is 0 Å². The molecule has 0 heterocycles. The highest BCUT2D eigenvalue weighted by atomic mass is 16.2. The van der Waals surface area contributed by atoms with Crippen molar-refractivity contribution in [2.45, 2.75) is 39.2 Å². The molecule has 20 heavy (non-hydrogen) atoms. The van der Waals surface area contributed by atoms with Crippen LogP contribution in [0.1, 0.15) is 30.9 Å². The van der Waals surface area contributed by atoms with E-state index in [-0.39, 0.29) is 12.5 Å². The standard InChI is InChI=1S/C16H21N3O/c1-11-5-4-6-14(12(11)2)18-9-15(20)19-16(3,10-17)13-7-8-13/h4-6,13,18H,7-9H2,1-3H3,(H,19,20)/t16-/m0/s1. The molecule has 1 aromatic carbocycles. The number of hydrogen-bond donors (Lipinski definition) is 2. The quantitative estimate of drug-likeness (QED) is 0.865. The summed E-state index contributed by atoms with van der Waals surface area (Å²) in [6.45, 7) is 6.06. The Kier molecular flexibility index (Phi) is 3.99. The lowest BCUT2D eigenvalue weighted by Crippen LogP contribution is -2.48. The third-order valence-electron chi connectivity index (χ3n) is 4.07. The van der Waals surface area contributed by atoms with Gasteiger partial charge < -0.3 is 10.6 Å². The van der Waals surface area contributed by atoms with Crippen LogP contribution in [0.25, 0.3) is 0 Å². The molecule has 0 bridgehead atoms. The van der Waals surface area contributed by atoms with Crippen LogP contribution in [-0.2, 0) is 4.79 Å². The number of amides is 1. The van der Waals surface area contributed by atoms with Gasteiger partial charge >= 0.3 is 0 Å². The van der Waals surface area contributed by atoms with Gasteiger partial charge in [-0.05, 0) is 56.7 Å². The number of rotatable bonds is 5. The Morgan fingerprint density at radius 2 is 2.15 bits per heavy atom. The van der Waals surface area contributed by atoms with Crippen molar-refractivity contribution in [3.8, 4) is 6.07 Å². The number of nitrogens with one attached hydrogen (secondary N) is 2. The van der Waals surface area contributed by atoms with Gasteiger partial charge in [0.2, 0.25) is 5.91 Å². The van der Waals surface area contributed by atoms with Gasteiger partial charge in [-0.15, -0.1) is 0 Å². The van der Waals surface area contributed by atoms with E-state index < -0.39 is 5.54 Å². The maximum absolute atomic E-state index is 12.0. The first kappa shape index (κ1) is 14.4. The van der Waals surface area contributed by atoms with E-state index in [9.17, 15) is 10.1 Å². The molecule has 0 aliphatic heterocycles. The Labute approximate surface area is 120 Å². The summed E-state index contributed by atoms with van der Waals surface area (Å²) in [6.07, 6.45) is 2.05. The van der Waals surface area contributed by atoms with Crippen molar-refractivity contribution < 1.29 is 4.79 Å². The number of aryl methyl sites for hydroxylation is 1. The van der Waals surface area contributed by atoms with E-state index in [1.54, 1.807) is 6.92 Å². The first-order chi connectivity index (χ1) is 9.46. The first-order valence-corrected chi connectivity index (χ1v) is 6.98. The molecule has 4 heteroatoms. The molecule has 106 valence electrons. The van der Waals surface area contributed by atoms with Gasteiger partial charge in [0.05, 0.1) is 12.6 Å². The van der Waals surface area contributed by atoms with Gasteiger partial charge in [-0.3, -0.25) is 4.79 Å². The summed E-state index contributed by atoms with van der Waals surface area (Å²) < 4.78 is 0. The summed E-state index contributed by atoms with van der Waals surface area (Å²) in [5.74, 6) is 0.166. The Balaban J connectivity index is 1.92. The molecule has 0 spiro atoms. The number of carbonyl (C=O) groups is 1. The van der Waals surface area contributed by atoms with Crippen molar-refractivity contribution in [3.63, 3.8) is 0 Å². The predicted molar refractivity (Wildman–Crippen MR) is 79.3 cm³/mol. The Morgan fingerprint density at radius 1 is 1.45 bits per heavy atom. The minimum atomic E-state index is -0.722. The molecule has 0 radical (unpaired) electrons. The lowest BCUT2D eigenvalue weighted by molar-refractivity contribution is -0.120. The van der Waals surface area contributed by atoms with Crippen LogP contribution in [0.2, 0.25) is 0 Å². The maximum Gasteiger partial charge on any atom is 0.240 e. The monoisotopic (exact) mass is 271 g/mol. The highest BCUT2D eigenvalue weighted by Gasteiger charge is 2.42. The number of nitrogens with zero attached hydrogens (tertiary/aromatic N) is 1. The van der Waals surface area contributed by atoms with E-state index >= 15 is 0 Å². The number of anilines is 1. The summed E-state index contributed by atoms with van der Waals surface area (Å²) in [6, 6.07) is 8.20. The minimum absolute atomic E-state index is 0.137. The van der Waals surface area contributed by atoms with Crippen molar-refractivity contribution in [2.75, 3.05) is 11.9 Å². The molecular weight excluding hydrogens is 250 g/mol. The zero-order valence-corrected chi connectivity index (χ0v) is 12.3. The van der Waals surface area contributed by atoms with Gasteiger partial charge in [-0.1, -0.05) is 12.1 Å². The van der Waals surface area contributed by atoms with Gasteiger partial charge in [-0.25, -0.2) is 0 Å². The second kappa shape index (κ2) is 5.54. The van der Waals surface area contributed by atoms with Crippen LogP contribution in [-0.4, -0.2) is 18.0 Å². The third kappa shape index (κ3) is 3.11. The summed E-state index contributed by atoms with van der Waals surface area (Å²) in [7, 11) is 0. The summed E-state index contributed by atoms with van der Waals surface area (Å²) in [4.78, 5) is 12.0. The maximum atomic E-state index is 12.0. The Hall–Kier alpha value is -2.02. The molecule has 1 fully saturated rings. The molecule has 0 unspecified atom stereocenters. The average molecular weight is 271 g/mol. The Morgan fingerprint density at radius 3 is 2.75 bits per heavy atom. The van der Waals surface area contributed by atoms with Crippen LogP contribution in [0.3, 0.4) is 0 Å². The van der Waals surface area contributed by atoms with Gasteiger partial charge in [-0.2, -0.15) is 5.26 Å². The SMILES string of the molecule is Cc1cccc(NCC(=O)N[C@@](C)(C#N)C2CC2)c1C. The molecule has 1 amide bonds. The van der Waals surface area contributed by atoms with Crippen molar-refractivity contribution in [1.29, 1.82) is 5.26 Å². The van der Waals surface area contributed by atoms with Crippen molar-refractivity contribution in [1.82, 2.24) is 5.32 Å². The number of benzene rings is 1. The fourth-order valence-corrected chi connectivity index (χ4v) is 2.33. The van der Waals surface area contributed by atoms with Crippen LogP contribution in [0, 0.1) is 31.1 Å². The molecule has 2 rings (SSSR count). The molecule has 0 saturated heterocycles. The first-order valence-electron chi connectivity index (χ1n) is 6.98. The molecule has 2 N–H and O–H groups in total. The van der Waals surface area contributed by atoms with Gasteiger partial charge in [0.15, 0.2) is 0 Å². The molecule has 1 aromatic rings. The van der Waals surface area contributed by atoms with E-state index in [0.29, 0.717) is 5.92 Å². The van der Waals surface area contributed by atoms with E-state index in [4.69, 9.17) is 0 Å². The van der Waals surface area contributed by atoms with Crippen LogP contribution in [0.5, 0.6) is 0 Å². The molecule has 1 aliphatic carbocycles. The van der Waals surface area contributed by atoms with Crippen molar-refractivity contribution in [3.05, 3.63) is 29.3 Å². The Bertz CT molecular complexity index is 557. The van der Waals surface area contributed by atoms with Crippen LogP contribution < -0.4 is 10.6 Å². The summed E-state index contributed by atoms with van der Waals surface area (Å²) in [5, 5.41) is 15.2. The highest BCUT2D eigenvalue weighted by Crippen LogP contribution is 2.39. The second-order valence-corrected chi connectivity index (χ2v) is 5.74. The minimum Gasteiger partial charge on any atom is -0.376 e. The summed E-state index contributed by atoms with van der Waals surface area (Å²) in [5.41, 5.74) is 2.58. The van der Waals surface area contributed by atoms with Crippen LogP contribution in [0.15, 0.2) is 18.2 Å². The molecule has 0 aromatic heterocycles. The molecule has 1 saturated carbocycles. The van der Waals surface area contributed by atoms with Crippen molar-refractivity contribution >= 4 is 11.6 Å². The predicted octanol–water partition coefficient (Wildman–Crippen LogP) is 2.52. The lowest BCUT2D eigenvalue weighted by Gasteiger charge is -2.23. The topological polar surface area (TPSA) is 64.9 Å². The van der Waals surface area contributed by atoms with Crippen LogP contribution >= 0.6 is 0 Å². The van der Waals surface area contributed by atoms with Gasteiger partial charge in [0.1, 0.15) is 5.54 Å². The normalized spacial score (nSPS) is 16.9. The van der Waals surface area contributed by atoms with E-state index in [1.165, 1.54) is 5.56 Å². The molecule has 1 atom stereocenters. The average Bonchev–Trinajstić information content (AvgIpc) is 3.25. The second-order valence-electron chi connectivity index (χ2n) is 5.74. The van der Waals surface area contributed by atoms with Crippen LogP contribution in [0.4, 0.5) is 5.69 Å². The van der Waals surface area contributed by atoms with E-state index in [1.807, 2.05) is 32.0 Å². The third-order valence-corrected chi connectivity index (χ3v) is 4.07. The fourth-order valence-electron chi connectivity index (χ4n) is 2.33. The lowest BCUT2D eigenvalue weighted by atomic mass is 9.98.